The summed E-state index contributed by atoms with van der Waals surface area (Å²) >= 11 is 0. The van der Waals surface area contributed by atoms with E-state index in [1.165, 1.54) is 25.1 Å². The topological polar surface area (TPSA) is 99.9 Å². The average molecular weight is 547 g/mol. The minimum absolute atomic E-state index is 0.0101. The van der Waals surface area contributed by atoms with E-state index in [4.69, 9.17) is 4.74 Å². The molecule has 5 rings (SSSR count). The van der Waals surface area contributed by atoms with E-state index in [9.17, 15) is 22.0 Å². The molecule has 9 nitrogen and oxygen atoms in total. The van der Waals surface area contributed by atoms with Gasteiger partial charge < -0.3 is 19.4 Å². The molecule has 0 amide bonds. The Morgan fingerprint density at radius 1 is 1.08 bits per heavy atom. The van der Waals surface area contributed by atoms with Crippen molar-refractivity contribution >= 4 is 5.82 Å². The molecule has 14 heteroatoms. The highest BCUT2D eigenvalue weighted by molar-refractivity contribution is 5.68. The zero-order valence-electron chi connectivity index (χ0n) is 20.7. The Bertz CT molecular complexity index is 1470. The summed E-state index contributed by atoms with van der Waals surface area (Å²) in [5, 5.41) is 2.98. The Hall–Kier alpha value is -4.36. The van der Waals surface area contributed by atoms with E-state index in [1.807, 2.05) is 0 Å². The van der Waals surface area contributed by atoms with Gasteiger partial charge >= 0.3 is 12.8 Å². The van der Waals surface area contributed by atoms with Crippen LogP contribution in [0.25, 0.3) is 22.8 Å². The van der Waals surface area contributed by atoms with Crippen molar-refractivity contribution < 1.29 is 31.4 Å². The molecule has 0 spiro atoms. The second-order valence-electron chi connectivity index (χ2n) is 8.81. The van der Waals surface area contributed by atoms with E-state index >= 15 is 0 Å². The number of alkyl halides is 5. The van der Waals surface area contributed by atoms with Crippen LogP contribution >= 0.6 is 0 Å². The first-order valence-electron chi connectivity index (χ1n) is 11.8. The molecule has 0 bridgehead atoms. The van der Waals surface area contributed by atoms with Gasteiger partial charge in [-0.05, 0) is 18.4 Å². The van der Waals surface area contributed by atoms with Crippen LogP contribution in [-0.4, -0.2) is 43.2 Å². The van der Waals surface area contributed by atoms with Crippen LogP contribution in [0.5, 0.6) is 11.6 Å². The summed E-state index contributed by atoms with van der Waals surface area (Å²) in [4.78, 5) is 20.8. The lowest BCUT2D eigenvalue weighted by molar-refractivity contribution is -0.140. The molecule has 3 heterocycles. The minimum Gasteiger partial charge on any atom is -0.480 e. The molecular weight excluding hydrogens is 525 g/mol. The van der Waals surface area contributed by atoms with E-state index < -0.39 is 18.5 Å². The molecule has 1 aromatic carbocycles. The molecule has 204 valence electrons. The highest BCUT2D eigenvalue weighted by Crippen LogP contribution is 2.45. The lowest BCUT2D eigenvalue weighted by Crippen LogP contribution is -2.10. The average Bonchev–Trinajstić information content (AvgIpc) is 3.68. The van der Waals surface area contributed by atoms with Crippen LogP contribution in [0.2, 0.25) is 0 Å². The molecule has 1 saturated carbocycles. The van der Waals surface area contributed by atoms with Gasteiger partial charge in [-0.2, -0.15) is 22.0 Å². The molecule has 3 aromatic heterocycles. The molecule has 1 aliphatic carbocycles. The number of methoxy groups -OCH3 is 1. The van der Waals surface area contributed by atoms with Crippen LogP contribution in [-0.2, 0) is 19.8 Å². The van der Waals surface area contributed by atoms with Gasteiger partial charge in [0.1, 0.15) is 17.7 Å². The van der Waals surface area contributed by atoms with E-state index in [1.54, 1.807) is 24.3 Å². The van der Waals surface area contributed by atoms with Gasteiger partial charge in [0.05, 0.1) is 19.0 Å². The van der Waals surface area contributed by atoms with Crippen LogP contribution in [0.15, 0.2) is 43.0 Å². The molecule has 0 saturated heterocycles. The standard InChI is InChI=1S/C25H22F5N7O2/c1-37-11-17(25(28,29)30)35-22(37)15-5-3-13(4-6-15)9-31-20-16(39-24(26)27)10-32-21(36-20)18-19(14-7-8-14)33-12-34-23(18)38-2/h3-6,10-12,14,24H,7-9H2,1-2H3,(H,31,32,36). The van der Waals surface area contributed by atoms with E-state index in [-0.39, 0.29) is 41.6 Å². The number of hydrogen-bond donors (Lipinski definition) is 1. The summed E-state index contributed by atoms with van der Waals surface area (Å²) in [6.45, 7) is -2.96. The first kappa shape index (κ1) is 26.3. The van der Waals surface area contributed by atoms with Crippen molar-refractivity contribution in [3.05, 3.63) is 59.9 Å². The van der Waals surface area contributed by atoms with Gasteiger partial charge in [-0.15, -0.1) is 0 Å². The van der Waals surface area contributed by atoms with Gasteiger partial charge in [-0.3, -0.25) is 0 Å². The SMILES string of the molecule is COc1ncnc(C2CC2)c1-c1ncc(OC(F)F)c(NCc2ccc(-c3nc(C(F)(F)F)cn3C)cc2)n1. The van der Waals surface area contributed by atoms with Crippen molar-refractivity contribution in [3.8, 4) is 34.4 Å². The quantitative estimate of drug-likeness (QED) is 0.276. The Labute approximate surface area is 219 Å². The molecule has 1 fully saturated rings. The number of aromatic nitrogens is 6. The van der Waals surface area contributed by atoms with Gasteiger partial charge in [0.2, 0.25) is 5.88 Å². The smallest absolute Gasteiger partial charge is 0.434 e. The number of nitrogens with one attached hydrogen (secondary N) is 1. The predicted octanol–water partition coefficient (Wildman–Crippen LogP) is 5.45. The van der Waals surface area contributed by atoms with Gasteiger partial charge in [0, 0.05) is 31.3 Å². The molecule has 39 heavy (non-hydrogen) atoms. The number of nitrogens with zero attached hydrogens (tertiary/aromatic N) is 6. The second kappa shape index (κ2) is 10.4. The number of anilines is 1. The van der Waals surface area contributed by atoms with Gasteiger partial charge in [-0.1, -0.05) is 24.3 Å². The molecule has 0 radical (unpaired) electrons. The molecule has 0 unspecified atom stereocenters. The van der Waals surface area contributed by atoms with E-state index in [0.717, 1.165) is 25.2 Å². The Morgan fingerprint density at radius 3 is 2.44 bits per heavy atom. The van der Waals surface area contributed by atoms with E-state index in [0.29, 0.717) is 22.4 Å². The lowest BCUT2D eigenvalue weighted by Gasteiger charge is -2.15. The second-order valence-corrected chi connectivity index (χ2v) is 8.81. The molecule has 4 aromatic rings. The minimum atomic E-state index is -4.55. The normalized spacial score (nSPS) is 13.5. The first-order chi connectivity index (χ1) is 18.6. The summed E-state index contributed by atoms with van der Waals surface area (Å²) < 4.78 is 76.5. The zero-order chi connectivity index (χ0) is 27.7. The third-order valence-corrected chi connectivity index (χ3v) is 6.03. The van der Waals surface area contributed by atoms with E-state index in [2.05, 4.69) is 35.0 Å². The van der Waals surface area contributed by atoms with Crippen LogP contribution in [0.1, 0.15) is 35.7 Å². The zero-order valence-corrected chi connectivity index (χ0v) is 20.7. The fourth-order valence-electron chi connectivity index (χ4n) is 4.04. The molecule has 1 N–H and O–H groups in total. The van der Waals surface area contributed by atoms with Crippen LogP contribution in [0, 0.1) is 0 Å². The third-order valence-electron chi connectivity index (χ3n) is 6.03. The molecule has 1 aliphatic rings. The van der Waals surface area contributed by atoms with Crippen molar-refractivity contribution in [1.29, 1.82) is 0 Å². The van der Waals surface area contributed by atoms with Crippen molar-refractivity contribution in [1.82, 2.24) is 29.5 Å². The predicted molar refractivity (Wildman–Crippen MR) is 129 cm³/mol. The molecule has 0 atom stereocenters. The number of imidazole rings is 1. The summed E-state index contributed by atoms with van der Waals surface area (Å²) in [6, 6.07) is 6.60. The highest BCUT2D eigenvalue weighted by atomic mass is 19.4. The van der Waals surface area contributed by atoms with Crippen molar-refractivity contribution in [2.45, 2.75) is 38.1 Å². The number of aryl methyl sites for hydroxylation is 1. The fraction of sp³-hybridized carbons (Fsp3) is 0.320. The Kier molecular flexibility index (Phi) is 7.02. The van der Waals surface area contributed by atoms with Gasteiger partial charge in [0.25, 0.3) is 0 Å². The van der Waals surface area contributed by atoms with Crippen molar-refractivity contribution in [3.63, 3.8) is 0 Å². The molecular formula is C25H22F5N7O2. The van der Waals surface area contributed by atoms with Gasteiger partial charge in [0.15, 0.2) is 23.1 Å². The summed E-state index contributed by atoms with van der Waals surface area (Å²) in [5.74, 6) is 0.555. The summed E-state index contributed by atoms with van der Waals surface area (Å²) in [6.07, 6.45) is 0.782. The van der Waals surface area contributed by atoms with Gasteiger partial charge in [-0.25, -0.2) is 24.9 Å². The van der Waals surface area contributed by atoms with Crippen molar-refractivity contribution in [2.75, 3.05) is 12.4 Å². The van der Waals surface area contributed by atoms with Crippen LogP contribution < -0.4 is 14.8 Å². The lowest BCUT2D eigenvalue weighted by atomic mass is 10.1. The van der Waals surface area contributed by atoms with Crippen LogP contribution in [0.4, 0.5) is 27.8 Å². The van der Waals surface area contributed by atoms with Crippen LogP contribution in [0.3, 0.4) is 0 Å². The summed E-state index contributed by atoms with van der Waals surface area (Å²) in [5.41, 5.74) is 1.39. The largest absolute Gasteiger partial charge is 0.480 e. The number of ether oxygens (including phenoxy) is 2. The first-order valence-corrected chi connectivity index (χ1v) is 11.8. The monoisotopic (exact) mass is 547 g/mol. The number of benzene rings is 1. The Morgan fingerprint density at radius 2 is 1.82 bits per heavy atom. The third kappa shape index (κ3) is 5.73. The Balaban J connectivity index is 1.41. The number of halogens is 5. The van der Waals surface area contributed by atoms with Crippen molar-refractivity contribution in [2.24, 2.45) is 7.05 Å². The fourth-order valence-corrected chi connectivity index (χ4v) is 4.04. The number of rotatable bonds is 9. The highest BCUT2D eigenvalue weighted by Gasteiger charge is 2.34. The molecule has 0 aliphatic heterocycles. The summed E-state index contributed by atoms with van der Waals surface area (Å²) in [7, 11) is 2.93. The maximum atomic E-state index is 13.1. The maximum Gasteiger partial charge on any atom is 0.434 e. The maximum absolute atomic E-state index is 13.1. The number of hydrogen-bond acceptors (Lipinski definition) is 8.